The molecule has 4 rings (SSSR count). The molecule has 1 aromatic carbocycles. The van der Waals surface area contributed by atoms with Crippen molar-refractivity contribution in [2.45, 2.75) is 19.9 Å². The van der Waals surface area contributed by atoms with Crippen LogP contribution in [0.15, 0.2) is 53.3 Å². The maximum atomic E-state index is 12.3. The summed E-state index contributed by atoms with van der Waals surface area (Å²) in [7, 11) is 0. The van der Waals surface area contributed by atoms with E-state index < -0.39 is 0 Å². The van der Waals surface area contributed by atoms with Crippen molar-refractivity contribution in [1.82, 2.24) is 20.4 Å². The maximum Gasteiger partial charge on any atom is 0.226 e. The largest absolute Gasteiger partial charge is 0.356 e. The number of aryl methyl sites for hydroxylation is 1. The lowest BCUT2D eigenvalue weighted by atomic mass is 10.1. The Morgan fingerprint density at radius 1 is 1.23 bits per heavy atom. The molecule has 1 N–H and O–H groups in total. The van der Waals surface area contributed by atoms with Crippen LogP contribution in [-0.2, 0) is 17.8 Å². The highest BCUT2D eigenvalue weighted by Gasteiger charge is 2.14. The molecule has 6 nitrogen and oxygen atoms in total. The highest BCUT2D eigenvalue weighted by molar-refractivity contribution is 7.15. The molecular weight excluding hydrogens is 348 g/mol. The van der Waals surface area contributed by atoms with Crippen LogP contribution in [0.5, 0.6) is 0 Å². The van der Waals surface area contributed by atoms with Crippen LogP contribution >= 0.6 is 11.3 Å². The van der Waals surface area contributed by atoms with E-state index in [2.05, 4.69) is 20.4 Å². The molecule has 130 valence electrons. The first-order chi connectivity index (χ1) is 12.7. The second-order valence-electron chi connectivity index (χ2n) is 5.85. The number of aromatic nitrogens is 3. The fourth-order valence-electron chi connectivity index (χ4n) is 2.66. The summed E-state index contributed by atoms with van der Waals surface area (Å²) in [5.41, 5.74) is 3.23. The summed E-state index contributed by atoms with van der Waals surface area (Å²) in [6.07, 6.45) is 3.71. The molecule has 0 radical (unpaired) electrons. The number of benzene rings is 1. The van der Waals surface area contributed by atoms with E-state index in [4.69, 9.17) is 4.52 Å². The monoisotopic (exact) mass is 364 g/mol. The van der Waals surface area contributed by atoms with Gasteiger partial charge in [-0.3, -0.25) is 9.78 Å². The summed E-state index contributed by atoms with van der Waals surface area (Å²) >= 11 is 1.57. The van der Waals surface area contributed by atoms with Crippen molar-refractivity contribution in [2.75, 3.05) is 0 Å². The molecular formula is C19H16N4O2S. The van der Waals surface area contributed by atoms with E-state index in [0.717, 1.165) is 26.5 Å². The first-order valence-corrected chi connectivity index (χ1v) is 8.99. The number of carbonyl (C=O) groups excluding carboxylic acids is 1. The van der Waals surface area contributed by atoms with Gasteiger partial charge in [-0.15, -0.1) is 11.3 Å². The Morgan fingerprint density at radius 2 is 2.12 bits per heavy atom. The number of hydrogen-bond acceptors (Lipinski definition) is 6. The molecule has 26 heavy (non-hydrogen) atoms. The second kappa shape index (κ2) is 7.05. The van der Waals surface area contributed by atoms with Crippen molar-refractivity contribution in [3.63, 3.8) is 0 Å². The fraction of sp³-hybridized carbons (Fsp3) is 0.158. The van der Waals surface area contributed by atoms with Crippen molar-refractivity contribution < 1.29 is 9.32 Å². The third-order valence-electron chi connectivity index (χ3n) is 4.03. The molecule has 0 saturated heterocycles. The minimum atomic E-state index is -0.0974. The zero-order chi connectivity index (χ0) is 17.9. The predicted molar refractivity (Wildman–Crippen MR) is 99.6 cm³/mol. The molecule has 0 aliphatic rings. The first-order valence-electron chi connectivity index (χ1n) is 8.17. The number of carbonyl (C=O) groups is 1. The van der Waals surface area contributed by atoms with Crippen molar-refractivity contribution in [1.29, 1.82) is 0 Å². The van der Waals surface area contributed by atoms with Gasteiger partial charge in [0.1, 0.15) is 10.7 Å². The molecule has 0 bridgehead atoms. The lowest BCUT2D eigenvalue weighted by Crippen LogP contribution is -2.24. The zero-order valence-corrected chi connectivity index (χ0v) is 14.9. The third kappa shape index (κ3) is 3.34. The van der Waals surface area contributed by atoms with Crippen LogP contribution in [0.3, 0.4) is 0 Å². The average Bonchev–Trinajstić information content (AvgIpc) is 3.25. The van der Waals surface area contributed by atoms with Gasteiger partial charge in [-0.1, -0.05) is 17.3 Å². The Morgan fingerprint density at radius 3 is 2.96 bits per heavy atom. The molecule has 0 unspecified atom stereocenters. The number of para-hydroxylation sites is 1. The van der Waals surface area contributed by atoms with Crippen molar-refractivity contribution in [3.8, 4) is 10.6 Å². The van der Waals surface area contributed by atoms with Crippen LogP contribution in [0.1, 0.15) is 16.3 Å². The molecule has 1 amide bonds. The number of amides is 1. The quantitative estimate of drug-likeness (QED) is 0.586. The first kappa shape index (κ1) is 16.4. The number of rotatable bonds is 5. The molecule has 3 aromatic heterocycles. The number of fused-ring (bicyclic) bond motifs is 1. The van der Waals surface area contributed by atoms with Crippen LogP contribution in [0.4, 0.5) is 0 Å². The van der Waals surface area contributed by atoms with Gasteiger partial charge in [-0.05, 0) is 31.2 Å². The van der Waals surface area contributed by atoms with Crippen molar-refractivity contribution in [3.05, 3.63) is 65.1 Å². The smallest absolute Gasteiger partial charge is 0.226 e. The van der Waals surface area contributed by atoms with Crippen LogP contribution in [0, 0.1) is 6.92 Å². The second-order valence-corrected chi connectivity index (χ2v) is 6.93. The number of nitrogens with zero attached hydrogens (tertiary/aromatic N) is 3. The van der Waals surface area contributed by atoms with Gasteiger partial charge in [-0.2, -0.15) is 0 Å². The average molecular weight is 364 g/mol. The van der Waals surface area contributed by atoms with E-state index in [0.29, 0.717) is 17.8 Å². The van der Waals surface area contributed by atoms with Gasteiger partial charge in [0.2, 0.25) is 5.91 Å². The summed E-state index contributed by atoms with van der Waals surface area (Å²) in [6.45, 7) is 2.39. The molecule has 3 heterocycles. The summed E-state index contributed by atoms with van der Waals surface area (Å²) in [6, 6.07) is 11.4. The number of thiazole rings is 1. The summed E-state index contributed by atoms with van der Waals surface area (Å²) < 4.78 is 5.24. The zero-order valence-electron chi connectivity index (χ0n) is 14.1. The molecule has 7 heteroatoms. The van der Waals surface area contributed by atoms with Gasteiger partial charge >= 0.3 is 0 Å². The highest BCUT2D eigenvalue weighted by atomic mass is 32.1. The molecule has 4 aromatic rings. The third-order valence-corrected chi connectivity index (χ3v) is 5.23. The molecule has 0 fully saturated rings. The van der Waals surface area contributed by atoms with Gasteiger partial charge in [0.05, 0.1) is 18.7 Å². The number of hydrogen-bond donors (Lipinski definition) is 1. The number of nitrogens with one attached hydrogen (secondary N) is 1. The SMILES string of the molecule is Cc1nc(-c2cccnc2)sc1CNC(=O)Cc1noc2ccccc12. The maximum absolute atomic E-state index is 12.3. The van der Waals surface area contributed by atoms with Crippen LogP contribution in [0.2, 0.25) is 0 Å². The molecule has 0 aliphatic carbocycles. The lowest BCUT2D eigenvalue weighted by Gasteiger charge is -2.02. The van der Waals surface area contributed by atoms with E-state index in [-0.39, 0.29) is 12.3 Å². The van der Waals surface area contributed by atoms with E-state index in [1.165, 1.54) is 0 Å². The fourth-order valence-corrected chi connectivity index (χ4v) is 3.66. The van der Waals surface area contributed by atoms with Crippen LogP contribution in [-0.4, -0.2) is 21.0 Å². The minimum absolute atomic E-state index is 0.0974. The molecule has 0 saturated carbocycles. The van der Waals surface area contributed by atoms with E-state index in [9.17, 15) is 4.79 Å². The van der Waals surface area contributed by atoms with Gasteiger partial charge in [-0.25, -0.2) is 4.98 Å². The van der Waals surface area contributed by atoms with Crippen molar-refractivity contribution >= 4 is 28.2 Å². The van der Waals surface area contributed by atoms with E-state index in [1.54, 1.807) is 23.7 Å². The Labute approximate surface area is 153 Å². The Balaban J connectivity index is 1.42. The summed E-state index contributed by atoms with van der Waals surface area (Å²) in [5, 5.41) is 8.72. The standard InChI is InChI=1S/C19H16N4O2S/c1-12-17(26-19(22-12)13-5-4-8-20-10-13)11-21-18(24)9-15-14-6-2-3-7-16(14)25-23-15/h2-8,10H,9,11H2,1H3,(H,21,24). The lowest BCUT2D eigenvalue weighted by molar-refractivity contribution is -0.120. The van der Waals surface area contributed by atoms with Crippen LogP contribution < -0.4 is 5.32 Å². The Bertz CT molecular complexity index is 1060. The summed E-state index contributed by atoms with van der Waals surface area (Å²) in [4.78, 5) is 22.0. The molecule has 0 aliphatic heterocycles. The Hall–Kier alpha value is -3.06. The van der Waals surface area contributed by atoms with Gasteiger partial charge in [0, 0.05) is 28.2 Å². The predicted octanol–water partition coefficient (Wildman–Crippen LogP) is 3.51. The molecule has 0 spiro atoms. The normalized spacial score (nSPS) is 11.0. The topological polar surface area (TPSA) is 80.9 Å². The van der Waals surface area contributed by atoms with Crippen molar-refractivity contribution in [2.24, 2.45) is 0 Å². The Kier molecular flexibility index (Phi) is 4.45. The molecule has 0 atom stereocenters. The summed E-state index contributed by atoms with van der Waals surface area (Å²) in [5.74, 6) is -0.0974. The van der Waals surface area contributed by atoms with E-state index in [1.807, 2.05) is 43.3 Å². The highest BCUT2D eigenvalue weighted by Crippen LogP contribution is 2.27. The minimum Gasteiger partial charge on any atom is -0.356 e. The van der Waals surface area contributed by atoms with Gasteiger partial charge in [0.25, 0.3) is 0 Å². The van der Waals surface area contributed by atoms with Gasteiger partial charge in [0.15, 0.2) is 5.58 Å². The van der Waals surface area contributed by atoms with Crippen LogP contribution in [0.25, 0.3) is 21.5 Å². The van der Waals surface area contributed by atoms with Gasteiger partial charge < -0.3 is 9.84 Å². The van der Waals surface area contributed by atoms with E-state index >= 15 is 0 Å². The number of pyridine rings is 1.